The average molecular weight is 342 g/mol. The number of amides is 1. The Kier molecular flexibility index (Phi) is 4.17. The Morgan fingerprint density at radius 3 is 2.71 bits per heavy atom. The zero-order chi connectivity index (χ0) is 17.5. The maximum atomic E-state index is 13.7. The summed E-state index contributed by atoms with van der Waals surface area (Å²) in [6.07, 6.45) is 1.63. The zero-order valence-corrected chi connectivity index (χ0v) is 14.4. The first-order chi connectivity index (χ1) is 11.1. The molecule has 134 valence electrons. The van der Waals surface area contributed by atoms with E-state index >= 15 is 0 Å². The summed E-state index contributed by atoms with van der Waals surface area (Å²) in [6, 6.07) is 0. The number of halogens is 2. The highest BCUT2D eigenvalue weighted by Crippen LogP contribution is 2.33. The minimum absolute atomic E-state index is 0.0724. The van der Waals surface area contributed by atoms with Crippen LogP contribution < -0.4 is 4.90 Å². The molecular formula is C16H24F2N4O2. The van der Waals surface area contributed by atoms with Crippen LogP contribution in [-0.4, -0.2) is 51.9 Å². The van der Waals surface area contributed by atoms with Crippen molar-refractivity contribution in [3.05, 3.63) is 11.9 Å². The predicted octanol–water partition coefficient (Wildman–Crippen LogP) is 2.87. The standard InChI is InChI=1S/C16H24F2N4O2/c1-15(2,3)24-14(23)20-7-8-22-13(10-20)12(9-19-22)21-6-4-5-16(17,18)11-21/h9H,4-8,10-11H2,1-3H3. The Balaban J connectivity index is 1.76. The van der Waals surface area contributed by atoms with Gasteiger partial charge in [0.15, 0.2) is 0 Å². The van der Waals surface area contributed by atoms with Gasteiger partial charge in [-0.1, -0.05) is 0 Å². The number of carbonyl (C=O) groups excluding carboxylic acids is 1. The number of hydrogen-bond donors (Lipinski definition) is 0. The Labute approximate surface area is 140 Å². The van der Waals surface area contributed by atoms with Gasteiger partial charge in [0, 0.05) is 19.5 Å². The van der Waals surface area contributed by atoms with Crippen molar-refractivity contribution in [2.75, 3.05) is 24.5 Å². The summed E-state index contributed by atoms with van der Waals surface area (Å²) in [7, 11) is 0. The van der Waals surface area contributed by atoms with Crippen molar-refractivity contribution < 1.29 is 18.3 Å². The zero-order valence-electron chi connectivity index (χ0n) is 14.4. The summed E-state index contributed by atoms with van der Waals surface area (Å²) < 4.78 is 34.6. The highest BCUT2D eigenvalue weighted by molar-refractivity contribution is 5.69. The fourth-order valence-electron chi connectivity index (χ4n) is 3.15. The van der Waals surface area contributed by atoms with E-state index in [1.807, 2.05) is 20.8 Å². The molecule has 1 amide bonds. The maximum Gasteiger partial charge on any atom is 0.410 e. The van der Waals surface area contributed by atoms with Crippen LogP contribution in [0, 0.1) is 0 Å². The van der Waals surface area contributed by atoms with Gasteiger partial charge in [0.05, 0.1) is 37.2 Å². The number of hydrogen-bond acceptors (Lipinski definition) is 4. The summed E-state index contributed by atoms with van der Waals surface area (Å²) in [5.41, 5.74) is 0.930. The average Bonchev–Trinajstić information content (AvgIpc) is 2.87. The molecule has 1 fully saturated rings. The largest absolute Gasteiger partial charge is 0.444 e. The van der Waals surface area contributed by atoms with Gasteiger partial charge in [-0.3, -0.25) is 4.68 Å². The minimum Gasteiger partial charge on any atom is -0.444 e. The van der Waals surface area contributed by atoms with Gasteiger partial charge >= 0.3 is 6.09 Å². The Morgan fingerprint density at radius 1 is 1.29 bits per heavy atom. The van der Waals surface area contributed by atoms with E-state index < -0.39 is 11.5 Å². The molecule has 0 saturated carbocycles. The van der Waals surface area contributed by atoms with Crippen LogP contribution in [0.2, 0.25) is 0 Å². The third kappa shape index (κ3) is 3.62. The summed E-state index contributed by atoms with van der Waals surface area (Å²) >= 11 is 0. The molecule has 1 aromatic heterocycles. The quantitative estimate of drug-likeness (QED) is 0.787. The highest BCUT2D eigenvalue weighted by atomic mass is 19.3. The first kappa shape index (κ1) is 17.0. The molecule has 0 N–H and O–H groups in total. The minimum atomic E-state index is -2.67. The number of alkyl halides is 2. The molecule has 6 nitrogen and oxygen atoms in total. The van der Waals surface area contributed by atoms with Crippen molar-refractivity contribution in [3.63, 3.8) is 0 Å². The van der Waals surface area contributed by atoms with E-state index in [4.69, 9.17) is 4.74 Å². The molecule has 2 aliphatic rings. The highest BCUT2D eigenvalue weighted by Gasteiger charge is 2.37. The molecule has 0 spiro atoms. The smallest absolute Gasteiger partial charge is 0.410 e. The number of carbonyl (C=O) groups is 1. The second-order valence-corrected chi connectivity index (χ2v) is 7.48. The first-order valence-corrected chi connectivity index (χ1v) is 8.30. The first-order valence-electron chi connectivity index (χ1n) is 8.30. The summed E-state index contributed by atoms with van der Waals surface area (Å²) in [6.45, 7) is 7.12. The van der Waals surface area contributed by atoms with E-state index in [-0.39, 0.29) is 19.1 Å². The van der Waals surface area contributed by atoms with Gasteiger partial charge in [0.2, 0.25) is 0 Å². The van der Waals surface area contributed by atoms with Crippen LogP contribution in [0.5, 0.6) is 0 Å². The van der Waals surface area contributed by atoms with Crippen molar-refractivity contribution in [1.82, 2.24) is 14.7 Å². The van der Waals surface area contributed by atoms with Crippen LogP contribution >= 0.6 is 0 Å². The number of rotatable bonds is 1. The fraction of sp³-hybridized carbons (Fsp3) is 0.750. The van der Waals surface area contributed by atoms with E-state index in [0.29, 0.717) is 38.3 Å². The van der Waals surface area contributed by atoms with Gasteiger partial charge in [-0.25, -0.2) is 13.6 Å². The summed E-state index contributed by atoms with van der Waals surface area (Å²) in [5.74, 6) is -2.67. The van der Waals surface area contributed by atoms with E-state index in [2.05, 4.69) is 5.10 Å². The topological polar surface area (TPSA) is 50.6 Å². The van der Waals surface area contributed by atoms with Gasteiger partial charge in [0.1, 0.15) is 5.60 Å². The second-order valence-electron chi connectivity index (χ2n) is 7.48. The lowest BCUT2D eigenvalue weighted by Crippen LogP contribution is -2.44. The molecule has 0 unspecified atom stereocenters. The van der Waals surface area contributed by atoms with Crippen LogP contribution in [0.1, 0.15) is 39.3 Å². The molecule has 0 atom stereocenters. The van der Waals surface area contributed by atoms with Gasteiger partial charge in [0.25, 0.3) is 5.92 Å². The molecule has 0 aromatic carbocycles. The molecule has 3 rings (SSSR count). The van der Waals surface area contributed by atoms with E-state index in [0.717, 1.165) is 5.69 Å². The van der Waals surface area contributed by atoms with Crippen molar-refractivity contribution in [1.29, 1.82) is 0 Å². The molecule has 24 heavy (non-hydrogen) atoms. The van der Waals surface area contributed by atoms with E-state index in [1.165, 1.54) is 0 Å². The predicted molar refractivity (Wildman–Crippen MR) is 85.3 cm³/mol. The van der Waals surface area contributed by atoms with Crippen molar-refractivity contribution >= 4 is 11.8 Å². The van der Waals surface area contributed by atoms with Crippen molar-refractivity contribution in [2.24, 2.45) is 0 Å². The van der Waals surface area contributed by atoms with Crippen LogP contribution in [0.15, 0.2) is 6.20 Å². The Hall–Kier alpha value is -1.86. The lowest BCUT2D eigenvalue weighted by Gasteiger charge is -2.35. The number of piperidine rings is 1. The SMILES string of the molecule is CC(C)(C)OC(=O)N1CCn2ncc(N3CCCC(F)(F)C3)c2C1. The lowest BCUT2D eigenvalue weighted by atomic mass is 10.1. The fourth-order valence-corrected chi connectivity index (χ4v) is 3.15. The van der Waals surface area contributed by atoms with Crippen LogP contribution in [0.4, 0.5) is 19.3 Å². The molecule has 8 heteroatoms. The van der Waals surface area contributed by atoms with Gasteiger partial charge < -0.3 is 14.5 Å². The van der Waals surface area contributed by atoms with E-state index in [1.54, 1.807) is 20.7 Å². The monoisotopic (exact) mass is 342 g/mol. The molecule has 0 aliphatic carbocycles. The van der Waals surface area contributed by atoms with Crippen molar-refractivity contribution in [2.45, 2.75) is 58.2 Å². The number of ether oxygens (including phenoxy) is 1. The molecule has 1 aromatic rings. The Bertz CT molecular complexity index is 624. The number of nitrogens with zero attached hydrogens (tertiary/aromatic N) is 4. The summed E-state index contributed by atoms with van der Waals surface area (Å²) in [5, 5.41) is 4.30. The van der Waals surface area contributed by atoms with Crippen LogP contribution in [0.25, 0.3) is 0 Å². The third-order valence-corrected chi connectivity index (χ3v) is 4.23. The number of aromatic nitrogens is 2. The maximum absolute atomic E-state index is 13.7. The molecule has 1 saturated heterocycles. The number of anilines is 1. The molecule has 0 radical (unpaired) electrons. The normalized spacial score (nSPS) is 20.7. The lowest BCUT2D eigenvalue weighted by molar-refractivity contribution is -0.0118. The summed E-state index contributed by atoms with van der Waals surface area (Å²) in [4.78, 5) is 15.6. The van der Waals surface area contributed by atoms with Gasteiger partial charge in [-0.15, -0.1) is 0 Å². The molecule has 2 aliphatic heterocycles. The van der Waals surface area contributed by atoms with Crippen molar-refractivity contribution in [3.8, 4) is 0 Å². The van der Waals surface area contributed by atoms with Crippen LogP contribution in [0.3, 0.4) is 0 Å². The van der Waals surface area contributed by atoms with Gasteiger partial charge in [-0.05, 0) is 27.2 Å². The van der Waals surface area contributed by atoms with E-state index in [9.17, 15) is 13.6 Å². The number of fused-ring (bicyclic) bond motifs is 1. The van der Waals surface area contributed by atoms with Crippen LogP contribution in [-0.2, 0) is 17.8 Å². The molecule has 0 bridgehead atoms. The third-order valence-electron chi connectivity index (χ3n) is 4.23. The van der Waals surface area contributed by atoms with Gasteiger partial charge in [-0.2, -0.15) is 5.10 Å². The Morgan fingerprint density at radius 2 is 2.04 bits per heavy atom. The molecule has 3 heterocycles. The second kappa shape index (κ2) is 5.89. The molecular weight excluding hydrogens is 318 g/mol.